The molecular weight excluding hydrogens is 256 g/mol. The van der Waals surface area contributed by atoms with Gasteiger partial charge in [0.2, 0.25) is 5.91 Å². The van der Waals surface area contributed by atoms with Gasteiger partial charge < -0.3 is 15.8 Å². The van der Waals surface area contributed by atoms with E-state index >= 15 is 0 Å². The maximum absolute atomic E-state index is 12.1. The monoisotopic (exact) mass is 278 g/mol. The minimum atomic E-state index is -0.426. The van der Waals surface area contributed by atoms with E-state index < -0.39 is 5.97 Å². The Kier molecular flexibility index (Phi) is 6.18. The molecule has 0 fully saturated rings. The maximum Gasteiger partial charge on any atom is 0.337 e. The largest absolute Gasteiger partial charge is 0.465 e. The Morgan fingerprint density at radius 2 is 2.10 bits per heavy atom. The van der Waals surface area contributed by atoms with Gasteiger partial charge in [0.1, 0.15) is 0 Å². The summed E-state index contributed by atoms with van der Waals surface area (Å²) < 4.78 is 4.67. The van der Waals surface area contributed by atoms with E-state index in [9.17, 15) is 9.59 Å². The molecule has 0 aliphatic heterocycles. The van der Waals surface area contributed by atoms with Crippen LogP contribution in [0.4, 0.5) is 5.69 Å². The van der Waals surface area contributed by atoms with Gasteiger partial charge in [-0.3, -0.25) is 4.79 Å². The first-order valence-corrected chi connectivity index (χ1v) is 6.73. The fraction of sp³-hybridized carbons (Fsp3) is 0.467. The van der Waals surface area contributed by atoms with Gasteiger partial charge in [-0.05, 0) is 31.0 Å². The average molecular weight is 278 g/mol. The zero-order valence-corrected chi connectivity index (χ0v) is 12.2. The fourth-order valence-corrected chi connectivity index (χ4v) is 1.94. The van der Waals surface area contributed by atoms with Crippen molar-refractivity contribution in [3.8, 4) is 0 Å². The molecule has 0 aliphatic carbocycles. The third-order valence-corrected chi connectivity index (χ3v) is 3.21. The van der Waals surface area contributed by atoms with E-state index in [1.54, 1.807) is 18.2 Å². The van der Waals surface area contributed by atoms with Crippen LogP contribution in [0.5, 0.6) is 0 Å². The molecule has 0 bridgehead atoms. The fourth-order valence-electron chi connectivity index (χ4n) is 1.94. The van der Waals surface area contributed by atoms with Crippen LogP contribution in [-0.4, -0.2) is 25.5 Å². The zero-order chi connectivity index (χ0) is 15.1. The van der Waals surface area contributed by atoms with E-state index in [4.69, 9.17) is 5.73 Å². The summed E-state index contributed by atoms with van der Waals surface area (Å²) >= 11 is 0. The number of esters is 1. The molecular formula is C15H22N2O3. The summed E-state index contributed by atoms with van der Waals surface area (Å²) in [5.41, 5.74) is 7.53. The zero-order valence-electron chi connectivity index (χ0n) is 12.2. The number of carbonyl (C=O) groups is 2. The van der Waals surface area contributed by atoms with Crippen LogP contribution in [0.2, 0.25) is 0 Å². The molecule has 0 saturated carbocycles. The number of methoxy groups -OCH3 is 1. The summed E-state index contributed by atoms with van der Waals surface area (Å²) in [5, 5.41) is 2.84. The standard InChI is InChI=1S/C15H22N2O3/c1-4-5-12(9-16)14(18)17-13-8-11(15(19)20-3)7-6-10(13)2/h6-8,12H,4-5,9,16H2,1-3H3,(H,17,18). The van der Waals surface area contributed by atoms with Crippen LogP contribution in [-0.2, 0) is 9.53 Å². The van der Waals surface area contributed by atoms with Crippen molar-refractivity contribution >= 4 is 17.6 Å². The van der Waals surface area contributed by atoms with Gasteiger partial charge in [-0.1, -0.05) is 19.4 Å². The van der Waals surface area contributed by atoms with Crippen molar-refractivity contribution in [2.45, 2.75) is 26.7 Å². The molecule has 0 spiro atoms. The number of hydrogen-bond donors (Lipinski definition) is 2. The summed E-state index contributed by atoms with van der Waals surface area (Å²) in [5.74, 6) is -0.745. The van der Waals surface area contributed by atoms with E-state index in [1.165, 1.54) is 7.11 Å². The molecule has 0 heterocycles. The summed E-state index contributed by atoms with van der Waals surface area (Å²) in [6, 6.07) is 5.07. The first-order chi connectivity index (χ1) is 9.53. The number of nitrogens with one attached hydrogen (secondary N) is 1. The average Bonchev–Trinajstić information content (AvgIpc) is 2.45. The molecule has 5 heteroatoms. The number of benzene rings is 1. The molecule has 5 nitrogen and oxygen atoms in total. The normalized spacial score (nSPS) is 11.8. The summed E-state index contributed by atoms with van der Waals surface area (Å²) in [7, 11) is 1.33. The van der Waals surface area contributed by atoms with E-state index in [0.29, 0.717) is 17.8 Å². The number of amides is 1. The number of hydrogen-bond acceptors (Lipinski definition) is 4. The highest BCUT2D eigenvalue weighted by Gasteiger charge is 2.17. The van der Waals surface area contributed by atoms with Gasteiger partial charge in [0.25, 0.3) is 0 Å². The predicted molar refractivity (Wildman–Crippen MR) is 78.6 cm³/mol. The van der Waals surface area contributed by atoms with Crippen molar-refractivity contribution in [2.75, 3.05) is 19.0 Å². The Labute approximate surface area is 119 Å². The quantitative estimate of drug-likeness (QED) is 0.781. The molecule has 0 saturated heterocycles. The first-order valence-electron chi connectivity index (χ1n) is 6.73. The summed E-state index contributed by atoms with van der Waals surface area (Å²) in [6.07, 6.45) is 1.65. The van der Waals surface area contributed by atoms with E-state index in [0.717, 1.165) is 18.4 Å². The molecule has 1 rings (SSSR count). The van der Waals surface area contributed by atoms with Crippen LogP contribution >= 0.6 is 0 Å². The summed E-state index contributed by atoms with van der Waals surface area (Å²) in [4.78, 5) is 23.6. The van der Waals surface area contributed by atoms with Crippen molar-refractivity contribution in [1.29, 1.82) is 0 Å². The molecule has 0 aliphatic rings. The van der Waals surface area contributed by atoms with Crippen molar-refractivity contribution in [1.82, 2.24) is 0 Å². The van der Waals surface area contributed by atoms with Gasteiger partial charge >= 0.3 is 5.97 Å². The van der Waals surface area contributed by atoms with E-state index in [2.05, 4.69) is 10.1 Å². The van der Waals surface area contributed by atoms with Crippen LogP contribution in [0, 0.1) is 12.8 Å². The number of nitrogens with two attached hydrogens (primary N) is 1. The smallest absolute Gasteiger partial charge is 0.337 e. The third-order valence-electron chi connectivity index (χ3n) is 3.21. The second-order valence-corrected chi connectivity index (χ2v) is 4.73. The van der Waals surface area contributed by atoms with E-state index in [1.807, 2.05) is 13.8 Å². The minimum Gasteiger partial charge on any atom is -0.465 e. The number of carbonyl (C=O) groups excluding carboxylic acids is 2. The Bertz CT molecular complexity index is 486. The lowest BCUT2D eigenvalue weighted by Crippen LogP contribution is -2.29. The molecule has 1 atom stereocenters. The number of rotatable bonds is 6. The number of anilines is 1. The first kappa shape index (κ1) is 16.2. The Hall–Kier alpha value is -1.88. The summed E-state index contributed by atoms with van der Waals surface area (Å²) in [6.45, 7) is 4.20. The van der Waals surface area contributed by atoms with Crippen LogP contribution < -0.4 is 11.1 Å². The molecule has 0 radical (unpaired) electrons. The Morgan fingerprint density at radius 1 is 1.40 bits per heavy atom. The number of aryl methyl sites for hydroxylation is 1. The van der Waals surface area contributed by atoms with Gasteiger partial charge in [0.15, 0.2) is 0 Å². The minimum absolute atomic E-state index is 0.112. The number of ether oxygens (including phenoxy) is 1. The lowest BCUT2D eigenvalue weighted by atomic mass is 10.0. The Morgan fingerprint density at radius 3 is 2.65 bits per heavy atom. The van der Waals surface area contributed by atoms with Gasteiger partial charge in [0, 0.05) is 12.2 Å². The van der Waals surface area contributed by atoms with Crippen LogP contribution in [0.3, 0.4) is 0 Å². The van der Waals surface area contributed by atoms with Crippen molar-refractivity contribution < 1.29 is 14.3 Å². The van der Waals surface area contributed by atoms with Crippen LogP contribution in [0.25, 0.3) is 0 Å². The molecule has 1 amide bonds. The second-order valence-electron chi connectivity index (χ2n) is 4.73. The van der Waals surface area contributed by atoms with Gasteiger partial charge in [-0.15, -0.1) is 0 Å². The topological polar surface area (TPSA) is 81.4 Å². The van der Waals surface area contributed by atoms with Crippen molar-refractivity contribution in [3.05, 3.63) is 29.3 Å². The van der Waals surface area contributed by atoms with Gasteiger partial charge in [-0.25, -0.2) is 4.79 Å². The molecule has 1 aromatic rings. The highest BCUT2D eigenvalue weighted by molar-refractivity contribution is 5.96. The lowest BCUT2D eigenvalue weighted by Gasteiger charge is -2.15. The van der Waals surface area contributed by atoms with Crippen molar-refractivity contribution in [2.24, 2.45) is 11.7 Å². The van der Waals surface area contributed by atoms with Crippen molar-refractivity contribution in [3.63, 3.8) is 0 Å². The van der Waals surface area contributed by atoms with Gasteiger partial charge in [-0.2, -0.15) is 0 Å². The molecule has 1 unspecified atom stereocenters. The SMILES string of the molecule is CCCC(CN)C(=O)Nc1cc(C(=O)OC)ccc1C. The highest BCUT2D eigenvalue weighted by atomic mass is 16.5. The molecule has 0 aromatic heterocycles. The Balaban J connectivity index is 2.90. The molecule has 3 N–H and O–H groups in total. The third kappa shape index (κ3) is 4.06. The van der Waals surface area contributed by atoms with Crippen LogP contribution in [0.15, 0.2) is 18.2 Å². The second kappa shape index (κ2) is 7.65. The predicted octanol–water partition coefficient (Wildman–Crippen LogP) is 2.10. The lowest BCUT2D eigenvalue weighted by molar-refractivity contribution is -0.119. The van der Waals surface area contributed by atoms with Gasteiger partial charge in [0.05, 0.1) is 18.6 Å². The molecule has 1 aromatic carbocycles. The van der Waals surface area contributed by atoms with E-state index in [-0.39, 0.29) is 11.8 Å². The highest BCUT2D eigenvalue weighted by Crippen LogP contribution is 2.19. The maximum atomic E-state index is 12.1. The molecule has 110 valence electrons. The molecule has 20 heavy (non-hydrogen) atoms. The van der Waals surface area contributed by atoms with Crippen LogP contribution in [0.1, 0.15) is 35.7 Å².